The molecule has 0 saturated carbocycles. The van der Waals surface area contributed by atoms with Crippen LogP contribution in [0.1, 0.15) is 40.2 Å². The van der Waals surface area contributed by atoms with Gasteiger partial charge in [0.15, 0.2) is 0 Å². The van der Waals surface area contributed by atoms with Gasteiger partial charge in [0.2, 0.25) is 0 Å². The molecule has 0 aliphatic carbocycles. The van der Waals surface area contributed by atoms with Crippen LogP contribution in [0.2, 0.25) is 0 Å². The molecule has 1 saturated heterocycles. The Kier molecular flexibility index (Phi) is 6.23. The van der Waals surface area contributed by atoms with Gasteiger partial charge in [-0.25, -0.2) is 4.98 Å². The summed E-state index contributed by atoms with van der Waals surface area (Å²) in [5.74, 6) is 0.946. The molecule has 1 aliphatic heterocycles. The van der Waals surface area contributed by atoms with Gasteiger partial charge in [-0.3, -0.25) is 9.48 Å². The van der Waals surface area contributed by atoms with Gasteiger partial charge in [-0.1, -0.05) is 11.6 Å². The van der Waals surface area contributed by atoms with Crippen LogP contribution in [0.25, 0.3) is 10.9 Å². The quantitative estimate of drug-likeness (QED) is 0.585. The molecule has 0 bridgehead atoms. The summed E-state index contributed by atoms with van der Waals surface area (Å²) in [6, 6.07) is 10.4. The van der Waals surface area contributed by atoms with Crippen molar-refractivity contribution in [1.82, 2.24) is 19.7 Å². The lowest BCUT2D eigenvalue weighted by Gasteiger charge is -2.26. The van der Waals surface area contributed by atoms with Crippen LogP contribution in [0.15, 0.2) is 30.3 Å². The van der Waals surface area contributed by atoms with Crippen molar-refractivity contribution in [3.05, 3.63) is 52.8 Å². The first kappa shape index (κ1) is 21.3. The van der Waals surface area contributed by atoms with Gasteiger partial charge in [-0.05, 0) is 51.0 Å². The number of pyridine rings is 1. The van der Waals surface area contributed by atoms with E-state index in [-0.39, 0.29) is 5.91 Å². The largest absolute Gasteiger partial charge is 0.383 e. The molecule has 1 aromatic carbocycles. The number of benzene rings is 1. The van der Waals surface area contributed by atoms with Gasteiger partial charge >= 0.3 is 0 Å². The lowest BCUT2D eigenvalue weighted by atomic mass is 10.1. The highest BCUT2D eigenvalue weighted by Crippen LogP contribution is 2.28. The Balaban J connectivity index is 1.73. The SMILES string of the molecule is COCCN(Cc1cc2cc(C)ccc2nc1N1CCCC1)C(=O)c1cc(C)nn1C. The Morgan fingerprint density at radius 3 is 2.61 bits per heavy atom. The number of hydrogen-bond acceptors (Lipinski definition) is 5. The highest BCUT2D eigenvalue weighted by Gasteiger charge is 2.24. The van der Waals surface area contributed by atoms with E-state index in [1.165, 1.54) is 18.4 Å². The van der Waals surface area contributed by atoms with E-state index < -0.39 is 0 Å². The van der Waals surface area contributed by atoms with Crippen LogP contribution in [0.5, 0.6) is 0 Å². The summed E-state index contributed by atoms with van der Waals surface area (Å²) in [6.07, 6.45) is 2.35. The van der Waals surface area contributed by atoms with E-state index in [2.05, 4.69) is 41.2 Å². The summed E-state index contributed by atoms with van der Waals surface area (Å²) in [5, 5.41) is 5.46. The summed E-state index contributed by atoms with van der Waals surface area (Å²) in [6.45, 7) is 7.46. The molecule has 0 unspecified atom stereocenters. The predicted molar refractivity (Wildman–Crippen MR) is 122 cm³/mol. The highest BCUT2D eigenvalue weighted by atomic mass is 16.5. The van der Waals surface area contributed by atoms with E-state index in [9.17, 15) is 4.79 Å². The zero-order valence-electron chi connectivity index (χ0n) is 18.9. The summed E-state index contributed by atoms with van der Waals surface area (Å²) in [7, 11) is 3.47. The lowest BCUT2D eigenvalue weighted by molar-refractivity contribution is 0.0670. The van der Waals surface area contributed by atoms with E-state index in [4.69, 9.17) is 9.72 Å². The fourth-order valence-electron chi connectivity index (χ4n) is 4.28. The highest BCUT2D eigenvalue weighted by molar-refractivity contribution is 5.93. The van der Waals surface area contributed by atoms with Crippen molar-refractivity contribution in [2.24, 2.45) is 7.05 Å². The molecule has 0 N–H and O–H groups in total. The first-order valence-corrected chi connectivity index (χ1v) is 10.9. The number of methoxy groups -OCH3 is 1. The molecule has 2 aromatic heterocycles. The van der Waals surface area contributed by atoms with Crippen LogP contribution in [0.4, 0.5) is 5.82 Å². The van der Waals surface area contributed by atoms with Gasteiger partial charge < -0.3 is 14.5 Å². The molecule has 7 heteroatoms. The molecule has 1 fully saturated rings. The Labute approximate surface area is 183 Å². The zero-order chi connectivity index (χ0) is 22.0. The Bertz CT molecular complexity index is 1090. The third-order valence-electron chi connectivity index (χ3n) is 5.87. The molecule has 0 spiro atoms. The molecule has 1 amide bonds. The zero-order valence-corrected chi connectivity index (χ0v) is 18.9. The molecule has 164 valence electrons. The molecule has 4 rings (SSSR count). The van der Waals surface area contributed by atoms with Crippen molar-refractivity contribution in [3.63, 3.8) is 0 Å². The van der Waals surface area contributed by atoms with Crippen LogP contribution in [-0.2, 0) is 18.3 Å². The van der Waals surface area contributed by atoms with E-state index in [0.29, 0.717) is 25.4 Å². The Morgan fingerprint density at radius 2 is 1.94 bits per heavy atom. The van der Waals surface area contributed by atoms with E-state index in [1.807, 2.05) is 24.9 Å². The molecule has 1 aliphatic rings. The molecule has 3 aromatic rings. The maximum Gasteiger partial charge on any atom is 0.272 e. The number of hydrogen-bond donors (Lipinski definition) is 0. The number of rotatable bonds is 7. The van der Waals surface area contributed by atoms with E-state index >= 15 is 0 Å². The summed E-state index contributed by atoms with van der Waals surface area (Å²) < 4.78 is 6.96. The van der Waals surface area contributed by atoms with Gasteiger partial charge in [0.25, 0.3) is 5.91 Å². The van der Waals surface area contributed by atoms with E-state index in [1.54, 1.807) is 11.8 Å². The van der Waals surface area contributed by atoms with Gasteiger partial charge in [0, 0.05) is 51.3 Å². The first-order chi connectivity index (χ1) is 15.0. The maximum absolute atomic E-state index is 13.4. The molecule has 0 radical (unpaired) electrons. The number of nitrogens with zero attached hydrogens (tertiary/aromatic N) is 5. The number of anilines is 1. The minimum absolute atomic E-state index is 0.0446. The average molecular weight is 422 g/mol. The number of fused-ring (bicyclic) bond motifs is 1. The van der Waals surface area contributed by atoms with Crippen molar-refractivity contribution in [3.8, 4) is 0 Å². The number of carbonyl (C=O) groups is 1. The molecule has 0 atom stereocenters. The van der Waals surface area contributed by atoms with Crippen LogP contribution >= 0.6 is 0 Å². The van der Waals surface area contributed by atoms with Crippen molar-refractivity contribution in [1.29, 1.82) is 0 Å². The molecule has 7 nitrogen and oxygen atoms in total. The standard InChI is InChI=1S/C24H31N5O2/c1-17-7-8-21-19(13-17)15-20(23(25-21)28-9-5-6-10-28)16-29(11-12-31-4)24(30)22-14-18(2)26-27(22)3/h7-8,13-15H,5-6,9-12,16H2,1-4H3. The van der Waals surface area contributed by atoms with E-state index in [0.717, 1.165) is 41.1 Å². The van der Waals surface area contributed by atoms with Gasteiger partial charge in [0.1, 0.15) is 11.5 Å². The number of amides is 1. The second kappa shape index (κ2) is 9.06. The third kappa shape index (κ3) is 4.56. The molecule has 3 heterocycles. The summed E-state index contributed by atoms with van der Waals surface area (Å²) in [4.78, 5) is 22.6. The minimum Gasteiger partial charge on any atom is -0.383 e. The Hall–Kier alpha value is -2.93. The number of aromatic nitrogens is 3. The molecule has 31 heavy (non-hydrogen) atoms. The van der Waals surface area contributed by atoms with Gasteiger partial charge in [-0.2, -0.15) is 5.10 Å². The topological polar surface area (TPSA) is 63.5 Å². The lowest BCUT2D eigenvalue weighted by Crippen LogP contribution is -2.35. The second-order valence-corrected chi connectivity index (χ2v) is 8.38. The first-order valence-electron chi connectivity index (χ1n) is 10.9. The summed E-state index contributed by atoms with van der Waals surface area (Å²) >= 11 is 0. The second-order valence-electron chi connectivity index (χ2n) is 8.38. The number of aryl methyl sites for hydroxylation is 3. The van der Waals surface area contributed by atoms with Gasteiger partial charge in [-0.15, -0.1) is 0 Å². The Morgan fingerprint density at radius 1 is 1.16 bits per heavy atom. The number of ether oxygens (including phenoxy) is 1. The number of carbonyl (C=O) groups excluding carboxylic acids is 1. The van der Waals surface area contributed by atoms with Gasteiger partial charge in [0.05, 0.1) is 17.8 Å². The monoisotopic (exact) mass is 421 g/mol. The van der Waals surface area contributed by atoms with Crippen molar-refractivity contribution >= 4 is 22.6 Å². The maximum atomic E-state index is 13.4. The smallest absolute Gasteiger partial charge is 0.272 e. The van der Waals surface area contributed by atoms with Crippen molar-refractivity contribution < 1.29 is 9.53 Å². The average Bonchev–Trinajstić information content (AvgIpc) is 3.39. The molecular weight excluding hydrogens is 390 g/mol. The van der Waals surface area contributed by atoms with Crippen LogP contribution < -0.4 is 4.90 Å². The van der Waals surface area contributed by atoms with Crippen LogP contribution in [0.3, 0.4) is 0 Å². The van der Waals surface area contributed by atoms with Crippen LogP contribution in [-0.4, -0.2) is 58.9 Å². The van der Waals surface area contributed by atoms with Crippen molar-refractivity contribution in [2.45, 2.75) is 33.2 Å². The third-order valence-corrected chi connectivity index (χ3v) is 5.87. The predicted octanol–water partition coefficient (Wildman–Crippen LogP) is 3.47. The summed E-state index contributed by atoms with van der Waals surface area (Å²) in [5.41, 5.74) is 4.68. The minimum atomic E-state index is -0.0446. The fraction of sp³-hybridized carbons (Fsp3) is 0.458. The normalized spacial score (nSPS) is 13.9. The van der Waals surface area contributed by atoms with Crippen molar-refractivity contribution in [2.75, 3.05) is 38.3 Å². The molecular formula is C24H31N5O2. The van der Waals surface area contributed by atoms with Crippen LogP contribution in [0, 0.1) is 13.8 Å². The fourth-order valence-corrected chi connectivity index (χ4v) is 4.28.